The maximum absolute atomic E-state index is 11.4. The second-order valence-electron chi connectivity index (χ2n) is 7.80. The topological polar surface area (TPSA) is 74.9 Å². The summed E-state index contributed by atoms with van der Waals surface area (Å²) in [7, 11) is 2.95. The Balaban J connectivity index is 2.59. The van der Waals surface area contributed by atoms with E-state index >= 15 is 0 Å². The molecule has 0 radical (unpaired) electrons. The first-order valence-electron chi connectivity index (χ1n) is 9.87. The lowest BCUT2D eigenvalue weighted by Crippen LogP contribution is -2.12. The number of methoxy groups -OCH3 is 1. The monoisotopic (exact) mass is 413 g/mol. The van der Waals surface area contributed by atoms with Gasteiger partial charge < -0.3 is 14.2 Å². The van der Waals surface area contributed by atoms with Crippen LogP contribution in [0.15, 0.2) is 35.3 Å². The van der Waals surface area contributed by atoms with E-state index in [1.54, 1.807) is 13.3 Å². The van der Waals surface area contributed by atoms with Crippen molar-refractivity contribution in [2.45, 2.75) is 46.6 Å². The van der Waals surface area contributed by atoms with Crippen LogP contribution in [0.25, 0.3) is 11.3 Å². The fraction of sp³-hybridized carbons (Fsp3) is 0.435. The van der Waals surface area contributed by atoms with Crippen LogP contribution in [-0.4, -0.2) is 43.1 Å². The van der Waals surface area contributed by atoms with Crippen LogP contribution in [0.3, 0.4) is 0 Å². The molecule has 162 valence electrons. The van der Waals surface area contributed by atoms with Crippen molar-refractivity contribution in [3.05, 3.63) is 52.8 Å². The highest BCUT2D eigenvalue weighted by Gasteiger charge is 2.19. The normalized spacial score (nSPS) is 12.6. The highest BCUT2D eigenvalue weighted by atomic mass is 16.8. The lowest BCUT2D eigenvalue weighted by atomic mass is 9.86. The minimum absolute atomic E-state index is 0.0485. The molecule has 0 N–H and O–H groups in total. The van der Waals surface area contributed by atoms with E-state index in [1.165, 1.54) is 12.7 Å². The van der Waals surface area contributed by atoms with E-state index in [1.807, 2.05) is 36.7 Å². The zero-order chi connectivity index (χ0) is 22.3. The Labute approximate surface area is 178 Å². The molecule has 0 atom stereocenters. The summed E-state index contributed by atoms with van der Waals surface area (Å²) >= 11 is 0. The van der Waals surface area contributed by atoms with Crippen molar-refractivity contribution < 1.29 is 19.0 Å². The van der Waals surface area contributed by atoms with Crippen molar-refractivity contribution >= 4 is 23.7 Å². The van der Waals surface area contributed by atoms with Gasteiger partial charge in [-0.15, -0.1) is 0 Å². The molecule has 1 aromatic heterocycles. The summed E-state index contributed by atoms with van der Waals surface area (Å²) in [6.07, 6.45) is 0.928. The maximum Gasteiger partial charge on any atom is 0.510 e. The molecular weight excluding hydrogens is 382 g/mol. The maximum atomic E-state index is 11.4. The van der Waals surface area contributed by atoms with Crippen LogP contribution >= 0.6 is 0 Å². The summed E-state index contributed by atoms with van der Waals surface area (Å²) < 4.78 is 17.3. The summed E-state index contributed by atoms with van der Waals surface area (Å²) in [5, 5.41) is 4.52. The van der Waals surface area contributed by atoms with Crippen LogP contribution in [-0.2, 0) is 26.2 Å². The Morgan fingerprint density at radius 1 is 1.20 bits per heavy atom. The van der Waals surface area contributed by atoms with Crippen molar-refractivity contribution in [1.29, 1.82) is 0 Å². The number of nitrogens with zero attached hydrogens (tertiary/aromatic N) is 3. The van der Waals surface area contributed by atoms with E-state index < -0.39 is 6.16 Å². The smallest absolute Gasteiger partial charge is 0.454 e. The Bertz CT molecular complexity index is 919. The number of hydrogen-bond donors (Lipinski definition) is 0. The molecule has 7 nitrogen and oxygen atoms in total. The first kappa shape index (κ1) is 23.2. The molecule has 1 heterocycles. The van der Waals surface area contributed by atoms with Crippen LogP contribution in [0.1, 0.15) is 50.2 Å². The van der Waals surface area contributed by atoms with Crippen LogP contribution in [0, 0.1) is 6.92 Å². The fourth-order valence-electron chi connectivity index (χ4n) is 3.00. The van der Waals surface area contributed by atoms with Crippen LogP contribution in [0.2, 0.25) is 0 Å². The number of carbonyl (C=O) groups excluding carboxylic acids is 1. The molecule has 30 heavy (non-hydrogen) atoms. The molecule has 0 aliphatic rings. The predicted molar refractivity (Wildman–Crippen MR) is 118 cm³/mol. The average Bonchev–Trinajstić information content (AvgIpc) is 3.09. The molecule has 0 bridgehead atoms. The van der Waals surface area contributed by atoms with Crippen molar-refractivity contribution in [2.75, 3.05) is 21.0 Å². The molecule has 0 amide bonds. The van der Waals surface area contributed by atoms with Gasteiger partial charge in [0.05, 0.1) is 12.8 Å². The van der Waals surface area contributed by atoms with Crippen molar-refractivity contribution in [2.24, 2.45) is 4.99 Å². The van der Waals surface area contributed by atoms with Gasteiger partial charge in [-0.3, -0.25) is 9.67 Å². The molecule has 0 saturated carbocycles. The molecule has 0 spiro atoms. The lowest BCUT2D eigenvalue weighted by molar-refractivity contribution is 0.00351. The molecule has 0 unspecified atom stereocenters. The summed E-state index contributed by atoms with van der Waals surface area (Å²) in [6.45, 7) is 10.8. The van der Waals surface area contributed by atoms with Gasteiger partial charge in [0, 0.05) is 25.4 Å². The standard InChI is InChI=1S/C23H31N3O4/c1-8-26-20(13-16(2)25-26)21(29-15-30-22(27)28-7)19(14-24-6)17-9-11-18(12-10-17)23(3,4)5/h9-14H,8,15H2,1-7H3/b21-19-,24-14-. The van der Waals surface area contributed by atoms with Crippen molar-refractivity contribution in [3.63, 3.8) is 0 Å². The number of aliphatic imine (C=N–C) groups is 1. The number of carbonyl (C=O) groups is 1. The Hall–Kier alpha value is -3.09. The molecule has 2 rings (SSSR count). The molecule has 0 fully saturated rings. The first-order valence-corrected chi connectivity index (χ1v) is 9.87. The number of hydrogen-bond acceptors (Lipinski definition) is 6. The Kier molecular flexibility index (Phi) is 7.80. The molecule has 0 aliphatic carbocycles. The average molecular weight is 414 g/mol. The summed E-state index contributed by atoms with van der Waals surface area (Å²) in [5.41, 5.74) is 4.61. The van der Waals surface area contributed by atoms with Crippen LogP contribution in [0.4, 0.5) is 4.79 Å². The second kappa shape index (κ2) is 10.1. The number of rotatable bonds is 7. The number of allylic oxidation sites excluding steroid dienone is 1. The third-order valence-corrected chi connectivity index (χ3v) is 4.55. The Morgan fingerprint density at radius 2 is 1.87 bits per heavy atom. The number of aryl methyl sites for hydroxylation is 2. The molecule has 0 saturated heterocycles. The highest BCUT2D eigenvalue weighted by Crippen LogP contribution is 2.29. The largest absolute Gasteiger partial charge is 0.510 e. The van der Waals surface area contributed by atoms with Gasteiger partial charge in [-0.25, -0.2) is 4.79 Å². The molecular formula is C23H31N3O4. The van der Waals surface area contributed by atoms with E-state index in [4.69, 9.17) is 9.47 Å². The zero-order valence-corrected chi connectivity index (χ0v) is 18.9. The van der Waals surface area contributed by atoms with E-state index in [2.05, 4.69) is 47.7 Å². The zero-order valence-electron chi connectivity index (χ0n) is 18.9. The van der Waals surface area contributed by atoms with Gasteiger partial charge in [0.1, 0.15) is 5.69 Å². The van der Waals surface area contributed by atoms with Crippen molar-refractivity contribution in [1.82, 2.24) is 9.78 Å². The Morgan fingerprint density at radius 3 is 2.40 bits per heavy atom. The van der Waals surface area contributed by atoms with Gasteiger partial charge in [0.15, 0.2) is 5.76 Å². The van der Waals surface area contributed by atoms with E-state index in [0.29, 0.717) is 12.3 Å². The van der Waals surface area contributed by atoms with Gasteiger partial charge >= 0.3 is 6.16 Å². The lowest BCUT2D eigenvalue weighted by Gasteiger charge is -2.20. The summed E-state index contributed by atoms with van der Waals surface area (Å²) in [5.74, 6) is 0.524. The van der Waals surface area contributed by atoms with E-state index in [9.17, 15) is 4.79 Å². The van der Waals surface area contributed by atoms with Crippen LogP contribution < -0.4 is 0 Å². The van der Waals surface area contributed by atoms with Crippen LogP contribution in [0.5, 0.6) is 0 Å². The fourth-order valence-corrected chi connectivity index (χ4v) is 3.00. The molecule has 7 heteroatoms. The molecule has 2 aromatic rings. The van der Waals surface area contributed by atoms with Gasteiger partial charge in [0.2, 0.25) is 6.79 Å². The second-order valence-corrected chi connectivity index (χ2v) is 7.80. The van der Waals surface area contributed by atoms with Gasteiger partial charge in [0.25, 0.3) is 0 Å². The minimum Gasteiger partial charge on any atom is -0.454 e. The third kappa shape index (κ3) is 5.72. The quantitative estimate of drug-likeness (QED) is 0.281. The highest BCUT2D eigenvalue weighted by molar-refractivity contribution is 6.18. The van der Waals surface area contributed by atoms with Gasteiger partial charge in [-0.05, 0) is 36.5 Å². The molecule has 1 aromatic carbocycles. The molecule has 0 aliphatic heterocycles. The number of benzene rings is 1. The van der Waals surface area contributed by atoms with E-state index in [-0.39, 0.29) is 12.2 Å². The van der Waals surface area contributed by atoms with Gasteiger partial charge in [-0.1, -0.05) is 45.0 Å². The third-order valence-electron chi connectivity index (χ3n) is 4.55. The van der Waals surface area contributed by atoms with Gasteiger partial charge in [-0.2, -0.15) is 5.10 Å². The summed E-state index contributed by atoms with van der Waals surface area (Å²) in [6, 6.07) is 10.2. The minimum atomic E-state index is -0.810. The van der Waals surface area contributed by atoms with Crippen molar-refractivity contribution in [3.8, 4) is 0 Å². The number of ether oxygens (including phenoxy) is 3. The predicted octanol–water partition coefficient (Wildman–Crippen LogP) is 4.83. The first-order chi connectivity index (χ1) is 14.2. The van der Waals surface area contributed by atoms with E-state index in [0.717, 1.165) is 22.5 Å². The summed E-state index contributed by atoms with van der Waals surface area (Å²) in [4.78, 5) is 15.6. The SMILES string of the molecule is CCn1nc(C)cc1/C(OCOC(=O)OC)=C(\C=N/C)c1ccc(C(C)(C)C)cc1. The number of aromatic nitrogens is 2.